The Balaban J connectivity index is 2.51. The van der Waals surface area contributed by atoms with E-state index in [-0.39, 0.29) is 11.3 Å². The molecular weight excluding hydrogens is 204 g/mol. The normalized spacial score (nSPS) is 11.4. The van der Waals surface area contributed by atoms with E-state index in [0.717, 1.165) is 6.42 Å². The van der Waals surface area contributed by atoms with Gasteiger partial charge in [0.25, 0.3) is 5.56 Å². The molecule has 4 nitrogen and oxygen atoms in total. The second kappa shape index (κ2) is 4.04. The fraction of sp³-hybridized carbons (Fsp3) is 0.417. The average molecular weight is 220 g/mol. The van der Waals surface area contributed by atoms with Gasteiger partial charge in [-0.15, -0.1) is 0 Å². The molecule has 2 rings (SSSR count). The molecular formula is C12H16N2O2. The van der Waals surface area contributed by atoms with E-state index in [2.05, 4.69) is 13.8 Å². The van der Waals surface area contributed by atoms with E-state index < -0.39 is 0 Å². The highest BCUT2D eigenvalue weighted by Crippen LogP contribution is 2.15. The van der Waals surface area contributed by atoms with Gasteiger partial charge in [0.2, 0.25) is 0 Å². The largest absolute Gasteiger partial charge is 0.505 e. The molecule has 0 saturated heterocycles. The molecule has 0 aromatic carbocycles. The monoisotopic (exact) mass is 220 g/mol. The summed E-state index contributed by atoms with van der Waals surface area (Å²) in [6.45, 7) is 4.92. The maximum absolute atomic E-state index is 11.7. The maximum atomic E-state index is 11.7. The molecule has 16 heavy (non-hydrogen) atoms. The second-order valence-electron chi connectivity index (χ2n) is 4.41. The average Bonchev–Trinajstić information content (AvgIpc) is 2.65. The van der Waals surface area contributed by atoms with Crippen LogP contribution in [0.3, 0.4) is 0 Å². The van der Waals surface area contributed by atoms with Crippen LogP contribution < -0.4 is 5.56 Å². The number of aromatic hydroxyl groups is 1. The van der Waals surface area contributed by atoms with E-state index in [4.69, 9.17) is 0 Å². The minimum absolute atomic E-state index is 0.0378. The van der Waals surface area contributed by atoms with Crippen molar-refractivity contribution in [2.75, 3.05) is 0 Å². The number of rotatable bonds is 3. The van der Waals surface area contributed by atoms with Crippen molar-refractivity contribution in [3.8, 4) is 5.75 Å². The number of aromatic nitrogens is 2. The number of nitrogens with zero attached hydrogens (tertiary/aromatic N) is 2. The Hall–Kier alpha value is -1.71. The minimum atomic E-state index is -0.165. The summed E-state index contributed by atoms with van der Waals surface area (Å²) < 4.78 is 3.36. The molecule has 1 N–H and O–H groups in total. The first kappa shape index (κ1) is 10.8. The molecule has 2 aromatic rings. The molecule has 2 heterocycles. The SMILES string of the molecule is CC(C)CCn1c(=O)cc(O)c2cccn21. The highest BCUT2D eigenvalue weighted by atomic mass is 16.3. The third kappa shape index (κ3) is 1.83. The van der Waals surface area contributed by atoms with Crippen molar-refractivity contribution in [1.29, 1.82) is 0 Å². The summed E-state index contributed by atoms with van der Waals surface area (Å²) >= 11 is 0. The Bertz CT molecular complexity index is 552. The molecule has 0 spiro atoms. The van der Waals surface area contributed by atoms with Crippen LogP contribution in [0.2, 0.25) is 0 Å². The van der Waals surface area contributed by atoms with E-state index >= 15 is 0 Å². The van der Waals surface area contributed by atoms with Gasteiger partial charge in [-0.05, 0) is 24.5 Å². The van der Waals surface area contributed by atoms with E-state index in [9.17, 15) is 9.90 Å². The van der Waals surface area contributed by atoms with Crippen LogP contribution >= 0.6 is 0 Å². The molecule has 86 valence electrons. The second-order valence-corrected chi connectivity index (χ2v) is 4.41. The Morgan fingerprint density at radius 2 is 2.19 bits per heavy atom. The highest BCUT2D eigenvalue weighted by molar-refractivity contribution is 5.58. The van der Waals surface area contributed by atoms with Gasteiger partial charge >= 0.3 is 0 Å². The van der Waals surface area contributed by atoms with Crippen molar-refractivity contribution in [2.24, 2.45) is 5.92 Å². The number of fused-ring (bicyclic) bond motifs is 1. The van der Waals surface area contributed by atoms with Gasteiger partial charge in [0.1, 0.15) is 11.3 Å². The molecule has 0 bridgehead atoms. The maximum Gasteiger partial charge on any atom is 0.269 e. The van der Waals surface area contributed by atoms with Gasteiger partial charge < -0.3 is 5.11 Å². The van der Waals surface area contributed by atoms with Gasteiger partial charge in [0.15, 0.2) is 0 Å². The van der Waals surface area contributed by atoms with Gasteiger partial charge in [-0.3, -0.25) is 9.31 Å². The van der Waals surface area contributed by atoms with Crippen molar-refractivity contribution in [2.45, 2.75) is 26.8 Å². The van der Waals surface area contributed by atoms with Gasteiger partial charge in [0.05, 0.1) is 0 Å². The fourth-order valence-corrected chi connectivity index (χ4v) is 1.76. The minimum Gasteiger partial charge on any atom is -0.505 e. The van der Waals surface area contributed by atoms with Crippen LogP contribution in [0.4, 0.5) is 0 Å². The molecule has 0 aliphatic carbocycles. The summed E-state index contributed by atoms with van der Waals surface area (Å²) in [4.78, 5) is 11.7. The molecule has 0 aliphatic heterocycles. The Morgan fingerprint density at radius 3 is 2.88 bits per heavy atom. The third-order valence-corrected chi connectivity index (χ3v) is 2.68. The standard InChI is InChI=1S/C12H16N2O2/c1-9(2)5-7-14-12(16)8-11(15)10-4-3-6-13(10)14/h3-4,6,8-9,15H,5,7H2,1-2H3. The topological polar surface area (TPSA) is 46.6 Å². The zero-order valence-corrected chi connectivity index (χ0v) is 9.55. The quantitative estimate of drug-likeness (QED) is 0.858. The van der Waals surface area contributed by atoms with E-state index in [0.29, 0.717) is 18.0 Å². The molecule has 0 radical (unpaired) electrons. The lowest BCUT2D eigenvalue weighted by Crippen LogP contribution is -2.25. The molecule has 0 amide bonds. The summed E-state index contributed by atoms with van der Waals surface area (Å²) in [6, 6.07) is 4.89. The lowest BCUT2D eigenvalue weighted by molar-refractivity contribution is 0.438. The van der Waals surface area contributed by atoms with Gasteiger partial charge in [-0.1, -0.05) is 13.8 Å². The van der Waals surface area contributed by atoms with E-state index in [1.165, 1.54) is 6.07 Å². The molecule has 0 atom stereocenters. The summed E-state index contributed by atoms with van der Waals surface area (Å²) in [7, 11) is 0. The lowest BCUT2D eigenvalue weighted by atomic mass is 10.1. The van der Waals surface area contributed by atoms with Gasteiger partial charge in [0, 0.05) is 18.8 Å². The summed E-state index contributed by atoms with van der Waals surface area (Å²) in [5, 5.41) is 9.61. The number of hydrogen-bond donors (Lipinski definition) is 1. The predicted octanol–water partition coefficient (Wildman–Crippen LogP) is 1.85. The Labute approximate surface area is 93.7 Å². The molecule has 4 heteroatoms. The van der Waals surface area contributed by atoms with Crippen molar-refractivity contribution in [1.82, 2.24) is 9.20 Å². The number of hydrogen-bond acceptors (Lipinski definition) is 2. The van der Waals surface area contributed by atoms with Gasteiger partial charge in [-0.25, -0.2) is 4.68 Å². The van der Waals surface area contributed by atoms with Crippen molar-refractivity contribution < 1.29 is 5.11 Å². The third-order valence-electron chi connectivity index (χ3n) is 2.68. The van der Waals surface area contributed by atoms with E-state index in [1.807, 2.05) is 6.07 Å². The van der Waals surface area contributed by atoms with Crippen LogP contribution in [0, 0.1) is 5.92 Å². The predicted molar refractivity (Wildman–Crippen MR) is 62.8 cm³/mol. The van der Waals surface area contributed by atoms with Crippen LogP contribution in [-0.4, -0.2) is 14.3 Å². The Kier molecular flexibility index (Phi) is 2.73. The number of aryl methyl sites for hydroxylation is 1. The van der Waals surface area contributed by atoms with Crippen molar-refractivity contribution >= 4 is 5.52 Å². The highest BCUT2D eigenvalue weighted by Gasteiger charge is 2.07. The fourth-order valence-electron chi connectivity index (χ4n) is 1.76. The first-order valence-corrected chi connectivity index (χ1v) is 5.50. The van der Waals surface area contributed by atoms with Crippen LogP contribution in [0.5, 0.6) is 5.75 Å². The van der Waals surface area contributed by atoms with Crippen LogP contribution in [-0.2, 0) is 6.54 Å². The molecule has 0 fully saturated rings. The summed E-state index contributed by atoms with van der Waals surface area (Å²) in [6.07, 6.45) is 2.73. The van der Waals surface area contributed by atoms with E-state index in [1.54, 1.807) is 21.5 Å². The molecule has 0 aliphatic rings. The van der Waals surface area contributed by atoms with Crippen LogP contribution in [0.1, 0.15) is 20.3 Å². The zero-order chi connectivity index (χ0) is 11.7. The van der Waals surface area contributed by atoms with Gasteiger partial charge in [-0.2, -0.15) is 0 Å². The Morgan fingerprint density at radius 1 is 1.44 bits per heavy atom. The van der Waals surface area contributed by atoms with Crippen molar-refractivity contribution in [3.05, 3.63) is 34.7 Å². The smallest absolute Gasteiger partial charge is 0.269 e. The lowest BCUT2D eigenvalue weighted by Gasteiger charge is -2.11. The summed E-state index contributed by atoms with van der Waals surface area (Å²) in [5.41, 5.74) is 0.505. The zero-order valence-electron chi connectivity index (χ0n) is 9.55. The summed E-state index contributed by atoms with van der Waals surface area (Å²) in [5.74, 6) is 0.585. The molecule has 2 aromatic heterocycles. The molecule has 0 saturated carbocycles. The first-order valence-electron chi connectivity index (χ1n) is 5.50. The molecule has 0 unspecified atom stereocenters. The first-order chi connectivity index (χ1) is 7.59. The van der Waals surface area contributed by atoms with Crippen LogP contribution in [0.15, 0.2) is 29.2 Å². The van der Waals surface area contributed by atoms with Crippen molar-refractivity contribution in [3.63, 3.8) is 0 Å². The van der Waals surface area contributed by atoms with Crippen LogP contribution in [0.25, 0.3) is 5.52 Å².